The Hall–Kier alpha value is -2.10. The van der Waals surface area contributed by atoms with Gasteiger partial charge in [0.1, 0.15) is 5.75 Å². The van der Waals surface area contributed by atoms with Crippen molar-refractivity contribution >= 4 is 16.5 Å². The summed E-state index contributed by atoms with van der Waals surface area (Å²) in [6.07, 6.45) is 13.2. The van der Waals surface area contributed by atoms with Crippen LogP contribution in [0.4, 0.5) is 5.69 Å². The Morgan fingerprint density at radius 3 is 2.00 bits per heavy atom. The van der Waals surface area contributed by atoms with Gasteiger partial charge in [-0.2, -0.15) is 0 Å². The van der Waals surface area contributed by atoms with Crippen LogP contribution in [0.2, 0.25) is 0 Å². The Bertz CT molecular complexity index is 712. The molecule has 142 valence electrons. The van der Waals surface area contributed by atoms with Gasteiger partial charge in [-0.25, -0.2) is 0 Å². The number of aryl methyl sites for hydroxylation is 1. The number of non-ortho nitro benzene ring substituents is 1. The molecule has 0 saturated carbocycles. The summed E-state index contributed by atoms with van der Waals surface area (Å²) in [6.45, 7) is 2.24. The highest BCUT2D eigenvalue weighted by atomic mass is 16.6. The minimum atomic E-state index is -0.357. The second-order valence-electron chi connectivity index (χ2n) is 7.14. The van der Waals surface area contributed by atoms with E-state index in [0.29, 0.717) is 22.8 Å². The van der Waals surface area contributed by atoms with Crippen molar-refractivity contribution in [1.82, 2.24) is 0 Å². The molecular weight excluding hydrogens is 326 g/mol. The van der Waals surface area contributed by atoms with Crippen LogP contribution in [0.15, 0.2) is 30.3 Å². The summed E-state index contributed by atoms with van der Waals surface area (Å²) >= 11 is 0. The van der Waals surface area contributed by atoms with Crippen molar-refractivity contribution in [1.29, 1.82) is 0 Å². The van der Waals surface area contributed by atoms with E-state index in [-0.39, 0.29) is 16.4 Å². The molecule has 0 bridgehead atoms. The van der Waals surface area contributed by atoms with E-state index in [1.165, 1.54) is 51.4 Å². The monoisotopic (exact) mass is 357 g/mol. The van der Waals surface area contributed by atoms with Gasteiger partial charge in [0.15, 0.2) is 0 Å². The van der Waals surface area contributed by atoms with Gasteiger partial charge in [0, 0.05) is 17.0 Å². The first-order valence-corrected chi connectivity index (χ1v) is 10.0. The number of hydrogen-bond donors (Lipinski definition) is 1. The van der Waals surface area contributed by atoms with E-state index >= 15 is 0 Å². The average Bonchev–Trinajstić information content (AvgIpc) is 2.64. The minimum absolute atomic E-state index is 0.0838. The number of fused-ring (bicyclic) bond motifs is 1. The third-order valence-corrected chi connectivity index (χ3v) is 5.07. The first-order valence-electron chi connectivity index (χ1n) is 10.0. The van der Waals surface area contributed by atoms with Gasteiger partial charge in [0.05, 0.1) is 10.3 Å². The molecule has 2 aromatic carbocycles. The lowest BCUT2D eigenvalue weighted by Crippen LogP contribution is -1.95. The number of phenolic OH excluding ortho intramolecular Hbond substituents is 1. The Balaban J connectivity index is 1.82. The summed E-state index contributed by atoms with van der Waals surface area (Å²) in [5.74, 6) is 0.196. The first kappa shape index (κ1) is 20.2. The van der Waals surface area contributed by atoms with Crippen LogP contribution in [-0.4, -0.2) is 10.0 Å². The molecule has 0 unspecified atom stereocenters. The minimum Gasteiger partial charge on any atom is -0.507 e. The van der Waals surface area contributed by atoms with Gasteiger partial charge >= 0.3 is 0 Å². The van der Waals surface area contributed by atoms with Gasteiger partial charge in [-0.15, -0.1) is 0 Å². The second kappa shape index (κ2) is 10.8. The average molecular weight is 357 g/mol. The van der Waals surface area contributed by atoms with Crippen LogP contribution >= 0.6 is 0 Å². The highest BCUT2D eigenvalue weighted by molar-refractivity contribution is 5.96. The van der Waals surface area contributed by atoms with Crippen LogP contribution in [0.25, 0.3) is 10.8 Å². The molecule has 2 rings (SSSR count). The van der Waals surface area contributed by atoms with Crippen LogP contribution in [0.1, 0.15) is 76.7 Å². The zero-order valence-electron chi connectivity index (χ0n) is 15.9. The standard InChI is InChI=1S/C22H31NO3/c1-2-3-4-5-6-7-8-9-10-11-14-18-17-21(23(25)26)19-15-12-13-16-20(19)22(18)24/h12-13,15-17,24H,2-11,14H2,1H3. The predicted molar refractivity (Wildman–Crippen MR) is 108 cm³/mol. The maximum atomic E-state index is 11.3. The lowest BCUT2D eigenvalue weighted by Gasteiger charge is -2.09. The fourth-order valence-electron chi connectivity index (χ4n) is 3.54. The van der Waals surface area contributed by atoms with Crippen molar-refractivity contribution in [3.05, 3.63) is 46.0 Å². The molecule has 0 fully saturated rings. The third kappa shape index (κ3) is 5.72. The van der Waals surface area contributed by atoms with E-state index in [9.17, 15) is 15.2 Å². The van der Waals surface area contributed by atoms with Crippen molar-refractivity contribution < 1.29 is 10.0 Å². The summed E-state index contributed by atoms with van der Waals surface area (Å²) in [5, 5.41) is 22.9. The number of nitro benzene ring substituents is 1. The molecule has 26 heavy (non-hydrogen) atoms. The molecule has 0 aromatic heterocycles. The summed E-state index contributed by atoms with van der Waals surface area (Å²) in [4.78, 5) is 11.0. The fourth-order valence-corrected chi connectivity index (χ4v) is 3.54. The van der Waals surface area contributed by atoms with Crippen molar-refractivity contribution in [2.75, 3.05) is 0 Å². The summed E-state index contributed by atoms with van der Waals surface area (Å²) < 4.78 is 0. The highest BCUT2D eigenvalue weighted by Gasteiger charge is 2.17. The number of phenols is 1. The molecule has 4 nitrogen and oxygen atoms in total. The smallest absolute Gasteiger partial charge is 0.277 e. The molecule has 4 heteroatoms. The first-order chi connectivity index (χ1) is 12.6. The SMILES string of the molecule is CCCCCCCCCCCCc1cc([N+](=O)[O-])c2ccccc2c1O. The van der Waals surface area contributed by atoms with Gasteiger partial charge in [-0.1, -0.05) is 82.9 Å². The van der Waals surface area contributed by atoms with Crippen LogP contribution < -0.4 is 0 Å². The summed E-state index contributed by atoms with van der Waals surface area (Å²) in [7, 11) is 0. The quantitative estimate of drug-likeness (QED) is 0.255. The Labute approximate surface area is 156 Å². The van der Waals surface area contributed by atoms with Crippen LogP contribution in [0.3, 0.4) is 0 Å². The molecule has 0 amide bonds. The zero-order valence-corrected chi connectivity index (χ0v) is 15.9. The lowest BCUT2D eigenvalue weighted by atomic mass is 9.98. The molecule has 0 aliphatic heterocycles. The number of aromatic hydroxyl groups is 1. The molecule has 0 aliphatic carbocycles. The zero-order chi connectivity index (χ0) is 18.8. The molecule has 2 aromatic rings. The van der Waals surface area contributed by atoms with E-state index in [2.05, 4.69) is 6.92 Å². The van der Waals surface area contributed by atoms with Crippen LogP contribution in [0.5, 0.6) is 5.75 Å². The van der Waals surface area contributed by atoms with Gasteiger partial charge < -0.3 is 5.11 Å². The fraction of sp³-hybridized carbons (Fsp3) is 0.545. The van der Waals surface area contributed by atoms with Crippen molar-refractivity contribution in [2.24, 2.45) is 0 Å². The maximum Gasteiger partial charge on any atom is 0.277 e. The summed E-state index contributed by atoms with van der Waals surface area (Å²) in [5.41, 5.74) is 0.774. The Morgan fingerprint density at radius 2 is 1.42 bits per heavy atom. The van der Waals surface area contributed by atoms with Gasteiger partial charge in [0.25, 0.3) is 5.69 Å². The van der Waals surface area contributed by atoms with Gasteiger partial charge in [0.2, 0.25) is 0 Å². The highest BCUT2D eigenvalue weighted by Crippen LogP contribution is 2.36. The molecule has 1 N–H and O–H groups in total. The molecule has 0 radical (unpaired) electrons. The van der Waals surface area contributed by atoms with Gasteiger partial charge in [-0.3, -0.25) is 10.1 Å². The molecular formula is C22H31NO3. The normalized spacial score (nSPS) is 11.1. The van der Waals surface area contributed by atoms with E-state index in [0.717, 1.165) is 12.8 Å². The molecule has 0 aliphatic rings. The maximum absolute atomic E-state index is 11.3. The van der Waals surface area contributed by atoms with Gasteiger partial charge in [-0.05, 0) is 18.9 Å². The van der Waals surface area contributed by atoms with Crippen molar-refractivity contribution in [2.45, 2.75) is 77.6 Å². The third-order valence-electron chi connectivity index (χ3n) is 5.07. The second-order valence-corrected chi connectivity index (χ2v) is 7.14. The Kier molecular flexibility index (Phi) is 8.39. The molecule has 0 spiro atoms. The largest absolute Gasteiger partial charge is 0.507 e. The number of unbranched alkanes of at least 4 members (excludes halogenated alkanes) is 9. The number of rotatable bonds is 12. The van der Waals surface area contributed by atoms with Crippen LogP contribution in [0, 0.1) is 10.1 Å². The van der Waals surface area contributed by atoms with Crippen molar-refractivity contribution in [3.8, 4) is 5.75 Å². The lowest BCUT2D eigenvalue weighted by molar-refractivity contribution is -0.383. The van der Waals surface area contributed by atoms with E-state index in [1.54, 1.807) is 30.3 Å². The van der Waals surface area contributed by atoms with E-state index in [4.69, 9.17) is 0 Å². The molecule has 0 heterocycles. The number of hydrogen-bond acceptors (Lipinski definition) is 3. The van der Waals surface area contributed by atoms with Crippen molar-refractivity contribution in [3.63, 3.8) is 0 Å². The number of nitrogens with zero attached hydrogens (tertiary/aromatic N) is 1. The van der Waals surface area contributed by atoms with Crippen LogP contribution in [-0.2, 0) is 6.42 Å². The summed E-state index contributed by atoms with van der Waals surface area (Å²) in [6, 6.07) is 8.55. The Morgan fingerprint density at radius 1 is 0.885 bits per heavy atom. The molecule has 0 atom stereocenters. The predicted octanol–water partition coefficient (Wildman–Crippen LogP) is 6.92. The van der Waals surface area contributed by atoms with E-state index < -0.39 is 0 Å². The topological polar surface area (TPSA) is 63.4 Å². The number of benzene rings is 2. The molecule has 0 saturated heterocycles. The van der Waals surface area contributed by atoms with E-state index in [1.807, 2.05) is 0 Å². The number of nitro groups is 1.